The molecule has 0 heterocycles. The number of nitrogens with one attached hydrogen (secondary N) is 2. The molecule has 2 rings (SSSR count). The van der Waals surface area contributed by atoms with Crippen molar-refractivity contribution in [3.8, 4) is 0 Å². The van der Waals surface area contributed by atoms with Crippen molar-refractivity contribution in [2.45, 2.75) is 116 Å². The number of unbranched alkanes of at least 4 members (excludes halogenated alkanes) is 3. The van der Waals surface area contributed by atoms with Crippen LogP contribution in [0.25, 0.3) is 0 Å². The van der Waals surface area contributed by atoms with E-state index < -0.39 is 60.0 Å². The summed E-state index contributed by atoms with van der Waals surface area (Å²) >= 11 is 6.43. The molecule has 58 heavy (non-hydrogen) atoms. The molecule has 2 amide bonds. The Labute approximate surface area is 347 Å². The highest BCUT2D eigenvalue weighted by atomic mass is 35.5. The number of esters is 2. The number of rotatable bonds is 25. The van der Waals surface area contributed by atoms with Gasteiger partial charge >= 0.3 is 18.1 Å². The van der Waals surface area contributed by atoms with Gasteiger partial charge in [-0.1, -0.05) is 78.7 Å². The zero-order valence-electron chi connectivity index (χ0n) is 34.8. The monoisotopic (exact) mass is 832 g/mol. The maximum absolute atomic E-state index is 13.0. The summed E-state index contributed by atoms with van der Waals surface area (Å²) in [6, 6.07) is 15.1. The summed E-state index contributed by atoms with van der Waals surface area (Å²) in [7, 11) is 1.41. The van der Waals surface area contributed by atoms with Gasteiger partial charge in [-0.25, -0.2) is 4.79 Å². The molecule has 0 radical (unpaired) electrons. The fourth-order valence-electron chi connectivity index (χ4n) is 5.10. The molecule has 3 unspecified atom stereocenters. The number of carbonyl (C=O) groups excluding carboxylic acids is 5. The van der Waals surface area contributed by atoms with Crippen molar-refractivity contribution in [3.05, 3.63) is 82.9 Å². The summed E-state index contributed by atoms with van der Waals surface area (Å²) in [5.41, 5.74) is 0.0300. The van der Waals surface area contributed by atoms with Crippen LogP contribution in [0.15, 0.2) is 66.7 Å². The highest BCUT2D eigenvalue weighted by molar-refractivity contribution is 6.31. The second-order valence-corrected chi connectivity index (χ2v) is 15.8. The van der Waals surface area contributed by atoms with E-state index >= 15 is 0 Å². The van der Waals surface area contributed by atoms with E-state index in [0.29, 0.717) is 17.0 Å². The Hall–Kier alpha value is -4.50. The quantitative estimate of drug-likeness (QED) is 0.0456. The number of methoxy groups -OCH3 is 1. The van der Waals surface area contributed by atoms with Crippen molar-refractivity contribution >= 4 is 41.5 Å². The van der Waals surface area contributed by atoms with Crippen LogP contribution in [0.2, 0.25) is 5.02 Å². The number of benzene rings is 2. The molecule has 0 bridgehead atoms. The second-order valence-electron chi connectivity index (χ2n) is 15.4. The van der Waals surface area contributed by atoms with Gasteiger partial charge < -0.3 is 43.8 Å². The Bertz CT molecular complexity index is 1590. The summed E-state index contributed by atoms with van der Waals surface area (Å²) in [6.07, 6.45) is 4.16. The maximum Gasteiger partial charge on any atom is 0.509 e. The van der Waals surface area contributed by atoms with Crippen molar-refractivity contribution in [1.82, 2.24) is 10.6 Å². The standard InChI is InChI=1S/C43H61ClN2O12/c1-42(2,3)57-39(49)24-16-11-9-8-10-15-23-38(48)55-27-32(26-53-29-36(33-21-17-18-22-34(33)44)56-41(51)58-43(4,5)6)54-30-37(47)46-35(28-52-7)40(50)45-25-31-19-13-12-14-20-31/h11-14,16-22,32,35-36H,8-10,15,23-30H2,1-7H3,(H,45,50)(H,46,47). The van der Waals surface area contributed by atoms with Gasteiger partial charge in [-0.15, -0.1) is 0 Å². The first-order chi connectivity index (χ1) is 27.5. The molecule has 14 nitrogen and oxygen atoms in total. The van der Waals surface area contributed by atoms with Crippen LogP contribution >= 0.6 is 11.6 Å². The van der Waals surface area contributed by atoms with Gasteiger partial charge in [0.15, 0.2) is 6.10 Å². The van der Waals surface area contributed by atoms with E-state index in [1.807, 2.05) is 57.2 Å². The summed E-state index contributed by atoms with van der Waals surface area (Å²) in [5.74, 6) is -1.81. The largest absolute Gasteiger partial charge is 0.509 e. The molecule has 3 atom stereocenters. The third kappa shape index (κ3) is 23.0. The average Bonchev–Trinajstić information content (AvgIpc) is 3.14. The van der Waals surface area contributed by atoms with Gasteiger partial charge in [-0.05, 0) is 72.4 Å². The smallest absolute Gasteiger partial charge is 0.463 e. The van der Waals surface area contributed by atoms with Gasteiger partial charge in [0.1, 0.15) is 36.6 Å². The first kappa shape index (κ1) is 49.6. The number of allylic oxidation sites excluding steroid dienone is 1. The van der Waals surface area contributed by atoms with E-state index in [4.69, 9.17) is 44.8 Å². The Balaban J connectivity index is 2.00. The lowest BCUT2D eigenvalue weighted by molar-refractivity contribution is -0.154. The fourth-order valence-corrected chi connectivity index (χ4v) is 5.36. The van der Waals surface area contributed by atoms with Crippen LogP contribution in [-0.2, 0) is 58.9 Å². The highest BCUT2D eigenvalue weighted by Gasteiger charge is 2.26. The lowest BCUT2D eigenvalue weighted by Gasteiger charge is -2.24. The lowest BCUT2D eigenvalue weighted by atomic mass is 10.1. The van der Waals surface area contributed by atoms with Crippen molar-refractivity contribution in [2.24, 2.45) is 0 Å². The minimum atomic E-state index is -1.00. The van der Waals surface area contributed by atoms with E-state index in [0.717, 1.165) is 24.8 Å². The van der Waals surface area contributed by atoms with Gasteiger partial charge in [-0.2, -0.15) is 0 Å². The van der Waals surface area contributed by atoms with Gasteiger partial charge in [0, 0.05) is 30.7 Å². The van der Waals surface area contributed by atoms with Crippen LogP contribution in [-0.4, -0.2) is 93.4 Å². The second kappa shape index (κ2) is 26.5. The third-order valence-electron chi connectivity index (χ3n) is 7.75. The van der Waals surface area contributed by atoms with Crippen LogP contribution in [0.1, 0.15) is 97.3 Å². The van der Waals surface area contributed by atoms with Crippen molar-refractivity contribution in [2.75, 3.05) is 40.1 Å². The minimum Gasteiger partial charge on any atom is -0.463 e. The summed E-state index contributed by atoms with van der Waals surface area (Å²) in [5, 5.41) is 5.75. The van der Waals surface area contributed by atoms with Gasteiger partial charge in [0.25, 0.3) is 0 Å². The zero-order valence-corrected chi connectivity index (χ0v) is 35.6. The number of amides is 2. The minimum absolute atomic E-state index is 0.0834. The molecule has 2 aromatic carbocycles. The number of carbonyl (C=O) groups is 5. The Morgan fingerprint density at radius 3 is 2.14 bits per heavy atom. The number of hydrogen-bond acceptors (Lipinski definition) is 12. The van der Waals surface area contributed by atoms with E-state index in [1.165, 1.54) is 7.11 Å². The lowest BCUT2D eigenvalue weighted by Crippen LogP contribution is -2.50. The van der Waals surface area contributed by atoms with Gasteiger partial charge in [-0.3, -0.25) is 19.2 Å². The van der Waals surface area contributed by atoms with E-state index in [9.17, 15) is 24.0 Å². The molecule has 0 aliphatic heterocycles. The Kier molecular flexibility index (Phi) is 22.7. The molecule has 2 N–H and O–H groups in total. The van der Waals surface area contributed by atoms with Gasteiger partial charge in [0.2, 0.25) is 11.8 Å². The normalized spacial score (nSPS) is 13.2. The van der Waals surface area contributed by atoms with Crippen molar-refractivity contribution < 1.29 is 57.1 Å². The molecule has 0 aromatic heterocycles. The molecule has 322 valence electrons. The Morgan fingerprint density at radius 1 is 0.776 bits per heavy atom. The summed E-state index contributed by atoms with van der Waals surface area (Å²) in [4.78, 5) is 63.1. The topological polar surface area (TPSA) is 174 Å². The van der Waals surface area contributed by atoms with Crippen molar-refractivity contribution in [1.29, 1.82) is 0 Å². The van der Waals surface area contributed by atoms with E-state index in [2.05, 4.69) is 10.6 Å². The van der Waals surface area contributed by atoms with Crippen LogP contribution in [0.3, 0.4) is 0 Å². The molecule has 2 aromatic rings. The van der Waals surface area contributed by atoms with Crippen molar-refractivity contribution in [3.63, 3.8) is 0 Å². The molecule has 0 aliphatic carbocycles. The molecule has 15 heteroatoms. The number of ether oxygens (including phenoxy) is 7. The summed E-state index contributed by atoms with van der Waals surface area (Å²) in [6.45, 7) is 9.67. The van der Waals surface area contributed by atoms with Gasteiger partial charge in [0.05, 0.1) is 26.2 Å². The maximum atomic E-state index is 13.0. The predicted molar refractivity (Wildman–Crippen MR) is 218 cm³/mol. The van der Waals surface area contributed by atoms with Crippen LogP contribution in [0, 0.1) is 0 Å². The first-order valence-corrected chi connectivity index (χ1v) is 19.8. The molecule has 0 spiro atoms. The first-order valence-electron chi connectivity index (χ1n) is 19.4. The summed E-state index contributed by atoms with van der Waals surface area (Å²) < 4.78 is 38.6. The molecule has 0 saturated carbocycles. The molecule has 0 saturated heterocycles. The molecular weight excluding hydrogens is 772 g/mol. The molecule has 0 fully saturated rings. The van der Waals surface area contributed by atoms with Crippen LogP contribution in [0.4, 0.5) is 4.79 Å². The third-order valence-corrected chi connectivity index (χ3v) is 8.10. The average molecular weight is 833 g/mol. The number of hydrogen-bond donors (Lipinski definition) is 2. The number of halogens is 1. The highest BCUT2D eigenvalue weighted by Crippen LogP contribution is 2.27. The van der Waals surface area contributed by atoms with Crippen LogP contribution < -0.4 is 10.6 Å². The molecule has 0 aliphatic rings. The SMILES string of the molecule is COCC(NC(=O)COC(COCC(OC(=O)OC(C)(C)C)c1ccccc1Cl)COC(=O)CCCCCC=CCC(=O)OC(C)(C)C)C(=O)NCc1ccccc1. The molecular formula is C43H61ClN2O12. The van der Waals surface area contributed by atoms with E-state index in [1.54, 1.807) is 51.1 Å². The van der Waals surface area contributed by atoms with Crippen LogP contribution in [0.5, 0.6) is 0 Å². The Morgan fingerprint density at radius 2 is 1.47 bits per heavy atom. The fraction of sp³-hybridized carbons (Fsp3) is 0.558. The zero-order chi connectivity index (χ0) is 43.0. The predicted octanol–water partition coefficient (Wildman–Crippen LogP) is 6.96. The van der Waals surface area contributed by atoms with E-state index in [-0.39, 0.29) is 51.8 Å².